The lowest BCUT2D eigenvalue weighted by atomic mass is 10.3. The van der Waals surface area contributed by atoms with Crippen molar-refractivity contribution in [3.05, 3.63) is 60.5 Å². The predicted octanol–water partition coefficient (Wildman–Crippen LogP) is 1.75. The lowest BCUT2D eigenvalue weighted by molar-refractivity contribution is 0.494. The van der Waals surface area contributed by atoms with Gasteiger partial charge in [0.2, 0.25) is 21.8 Å². The molecule has 118 valence electrons. The Bertz CT molecular complexity index is 895. The summed E-state index contributed by atoms with van der Waals surface area (Å²) < 4.78 is 44.6. The lowest BCUT2D eigenvalue weighted by Crippen LogP contribution is -2.23. The summed E-state index contributed by atoms with van der Waals surface area (Å²) in [5.41, 5.74) is 0.632. The van der Waals surface area contributed by atoms with Crippen LogP contribution < -0.4 is 4.72 Å². The summed E-state index contributed by atoms with van der Waals surface area (Å²) in [6, 6.07) is 7.95. The Balaban J connectivity index is 1.71. The Kier molecular flexibility index (Phi) is 4.13. The molecule has 0 saturated carbocycles. The molecule has 0 atom stereocenters. The van der Waals surface area contributed by atoms with Gasteiger partial charge in [0.05, 0.1) is 17.0 Å². The van der Waals surface area contributed by atoms with Crippen LogP contribution in [-0.4, -0.2) is 23.6 Å². The van der Waals surface area contributed by atoms with Gasteiger partial charge < -0.3 is 4.42 Å². The molecule has 0 aliphatic heterocycles. The topological polar surface area (TPSA) is 98.0 Å². The van der Waals surface area contributed by atoms with E-state index < -0.39 is 15.8 Å². The summed E-state index contributed by atoms with van der Waals surface area (Å²) >= 11 is 0. The van der Waals surface area contributed by atoms with E-state index in [1.807, 2.05) is 0 Å². The summed E-state index contributed by atoms with van der Waals surface area (Å²) in [7, 11) is -3.79. The van der Waals surface area contributed by atoms with E-state index in [1.54, 1.807) is 24.5 Å². The van der Waals surface area contributed by atoms with Gasteiger partial charge in [0.15, 0.2) is 0 Å². The molecule has 1 N–H and O–H groups in total. The fourth-order valence-corrected chi connectivity index (χ4v) is 2.76. The molecule has 0 aliphatic rings. The first kappa shape index (κ1) is 15.3. The van der Waals surface area contributed by atoms with Crippen LogP contribution in [0.2, 0.25) is 0 Å². The van der Waals surface area contributed by atoms with Crippen molar-refractivity contribution in [1.29, 1.82) is 0 Å². The van der Waals surface area contributed by atoms with E-state index in [4.69, 9.17) is 4.42 Å². The van der Waals surface area contributed by atoms with E-state index in [9.17, 15) is 12.8 Å². The maximum atomic E-state index is 12.8. The third-order valence-corrected chi connectivity index (χ3v) is 4.33. The number of benzene rings is 1. The zero-order valence-electron chi connectivity index (χ0n) is 11.7. The zero-order chi connectivity index (χ0) is 16.3. The van der Waals surface area contributed by atoms with Crippen molar-refractivity contribution >= 4 is 10.0 Å². The van der Waals surface area contributed by atoms with Crippen LogP contribution in [0.4, 0.5) is 4.39 Å². The molecular formula is C14H11FN4O3S. The number of aromatic nitrogens is 3. The number of pyridine rings is 1. The maximum Gasteiger partial charge on any atom is 0.249 e. The molecule has 3 rings (SSSR count). The van der Waals surface area contributed by atoms with Crippen molar-refractivity contribution in [2.75, 3.05) is 0 Å². The van der Waals surface area contributed by atoms with E-state index in [0.717, 1.165) is 12.1 Å². The van der Waals surface area contributed by atoms with Gasteiger partial charge in [-0.2, -0.15) is 0 Å². The average molecular weight is 334 g/mol. The molecular weight excluding hydrogens is 323 g/mol. The standard InChI is InChI=1S/C14H11FN4O3S/c15-11-3-5-12(6-4-11)23(20,21)17-9-13-18-19-14(22-13)10-2-1-7-16-8-10/h1-8,17H,9H2. The maximum absolute atomic E-state index is 12.8. The molecule has 1 aromatic carbocycles. The number of sulfonamides is 1. The van der Waals surface area contributed by atoms with Crippen molar-refractivity contribution in [3.8, 4) is 11.5 Å². The minimum absolute atomic E-state index is 0.0501. The van der Waals surface area contributed by atoms with Crippen LogP contribution in [0.1, 0.15) is 5.89 Å². The molecule has 3 aromatic rings. The van der Waals surface area contributed by atoms with E-state index in [0.29, 0.717) is 5.56 Å². The number of rotatable bonds is 5. The van der Waals surface area contributed by atoms with E-state index in [-0.39, 0.29) is 23.2 Å². The largest absolute Gasteiger partial charge is 0.419 e. The molecule has 2 aromatic heterocycles. The van der Waals surface area contributed by atoms with Gasteiger partial charge in [-0.3, -0.25) is 4.98 Å². The molecule has 0 radical (unpaired) electrons. The summed E-state index contributed by atoms with van der Waals surface area (Å²) in [6.07, 6.45) is 3.16. The molecule has 0 saturated heterocycles. The zero-order valence-corrected chi connectivity index (χ0v) is 12.5. The monoisotopic (exact) mass is 334 g/mol. The second kappa shape index (κ2) is 6.23. The van der Waals surface area contributed by atoms with Crippen LogP contribution in [0.3, 0.4) is 0 Å². The molecule has 9 heteroatoms. The first-order valence-corrected chi connectivity index (χ1v) is 8.01. The molecule has 0 fully saturated rings. The van der Waals surface area contributed by atoms with Crippen LogP contribution in [0.25, 0.3) is 11.5 Å². The number of nitrogens with one attached hydrogen (secondary N) is 1. The quantitative estimate of drug-likeness (QED) is 0.763. The predicted molar refractivity (Wildman–Crippen MR) is 78.0 cm³/mol. The van der Waals surface area contributed by atoms with Gasteiger partial charge in [0.1, 0.15) is 5.82 Å². The van der Waals surface area contributed by atoms with Crippen LogP contribution >= 0.6 is 0 Å². The van der Waals surface area contributed by atoms with Crippen LogP contribution in [0.5, 0.6) is 0 Å². The molecule has 0 spiro atoms. The Morgan fingerprint density at radius 3 is 2.61 bits per heavy atom. The van der Waals surface area contributed by atoms with E-state index in [2.05, 4.69) is 19.9 Å². The fraction of sp³-hybridized carbons (Fsp3) is 0.0714. The number of hydrogen-bond acceptors (Lipinski definition) is 6. The van der Waals surface area contributed by atoms with Gasteiger partial charge in [-0.25, -0.2) is 17.5 Å². The Hall–Kier alpha value is -2.65. The van der Waals surface area contributed by atoms with E-state index in [1.165, 1.54) is 12.1 Å². The summed E-state index contributed by atoms with van der Waals surface area (Å²) in [5.74, 6) is -0.161. The summed E-state index contributed by atoms with van der Waals surface area (Å²) in [6.45, 7) is -0.174. The van der Waals surface area contributed by atoms with Gasteiger partial charge in [0, 0.05) is 12.4 Å². The normalized spacial score (nSPS) is 11.5. The number of nitrogens with zero attached hydrogens (tertiary/aromatic N) is 3. The van der Waals surface area contributed by atoms with Gasteiger partial charge in [-0.1, -0.05) is 0 Å². The molecule has 0 aliphatic carbocycles. The highest BCUT2D eigenvalue weighted by Gasteiger charge is 2.16. The summed E-state index contributed by atoms with van der Waals surface area (Å²) in [4.78, 5) is 3.88. The minimum Gasteiger partial charge on any atom is -0.419 e. The van der Waals surface area contributed by atoms with Crippen molar-refractivity contribution in [2.45, 2.75) is 11.4 Å². The third kappa shape index (κ3) is 3.58. The second-order valence-electron chi connectivity index (χ2n) is 4.52. The molecule has 2 heterocycles. The van der Waals surface area contributed by atoms with Gasteiger partial charge in [-0.05, 0) is 36.4 Å². The smallest absolute Gasteiger partial charge is 0.249 e. The van der Waals surface area contributed by atoms with Gasteiger partial charge in [0.25, 0.3) is 0 Å². The Labute approximate surface area is 131 Å². The molecule has 0 unspecified atom stereocenters. The van der Waals surface area contributed by atoms with Crippen molar-refractivity contribution in [2.24, 2.45) is 0 Å². The van der Waals surface area contributed by atoms with Crippen molar-refractivity contribution in [1.82, 2.24) is 19.9 Å². The van der Waals surface area contributed by atoms with Crippen LogP contribution in [0.15, 0.2) is 58.1 Å². The van der Waals surface area contributed by atoms with Crippen LogP contribution in [0, 0.1) is 5.82 Å². The molecule has 0 amide bonds. The first-order chi connectivity index (χ1) is 11.0. The van der Waals surface area contributed by atoms with E-state index >= 15 is 0 Å². The Morgan fingerprint density at radius 2 is 1.91 bits per heavy atom. The second-order valence-corrected chi connectivity index (χ2v) is 6.29. The van der Waals surface area contributed by atoms with Gasteiger partial charge >= 0.3 is 0 Å². The summed E-state index contributed by atoms with van der Waals surface area (Å²) in [5, 5.41) is 7.60. The molecule has 7 nitrogen and oxygen atoms in total. The minimum atomic E-state index is -3.79. The molecule has 23 heavy (non-hydrogen) atoms. The number of halogens is 1. The van der Waals surface area contributed by atoms with Crippen molar-refractivity contribution < 1.29 is 17.2 Å². The molecule has 0 bridgehead atoms. The fourth-order valence-electron chi connectivity index (χ4n) is 1.78. The third-order valence-electron chi connectivity index (χ3n) is 2.91. The lowest BCUT2D eigenvalue weighted by Gasteiger charge is -2.04. The highest BCUT2D eigenvalue weighted by atomic mass is 32.2. The first-order valence-electron chi connectivity index (χ1n) is 6.52. The number of hydrogen-bond donors (Lipinski definition) is 1. The van der Waals surface area contributed by atoms with Crippen molar-refractivity contribution in [3.63, 3.8) is 0 Å². The highest BCUT2D eigenvalue weighted by Crippen LogP contribution is 2.16. The Morgan fingerprint density at radius 1 is 1.13 bits per heavy atom. The average Bonchev–Trinajstić information content (AvgIpc) is 3.03. The SMILES string of the molecule is O=S(=O)(NCc1nnc(-c2cccnc2)o1)c1ccc(F)cc1. The highest BCUT2D eigenvalue weighted by molar-refractivity contribution is 7.89. The van der Waals surface area contributed by atoms with Gasteiger partial charge in [-0.15, -0.1) is 10.2 Å². The van der Waals surface area contributed by atoms with Crippen LogP contribution in [-0.2, 0) is 16.6 Å².